The van der Waals surface area contributed by atoms with Gasteiger partial charge in [-0.15, -0.1) is 0 Å². The van der Waals surface area contributed by atoms with Crippen molar-refractivity contribution in [3.05, 3.63) is 24.3 Å². The van der Waals surface area contributed by atoms with Crippen molar-refractivity contribution in [1.29, 1.82) is 0 Å². The van der Waals surface area contributed by atoms with Crippen LogP contribution in [0.2, 0.25) is 0 Å². The first-order valence-electron chi connectivity index (χ1n) is 7.25. The van der Waals surface area contributed by atoms with Crippen LogP contribution in [0.4, 0.5) is 16.2 Å². The molecule has 0 spiro atoms. The molecule has 0 radical (unpaired) electrons. The number of benzene rings is 1. The molecule has 0 aromatic heterocycles. The van der Waals surface area contributed by atoms with Crippen LogP contribution < -0.4 is 20.9 Å². The number of nitrogens with zero attached hydrogens (tertiary/aromatic N) is 1. The molecule has 0 atom stereocenters. The average molecular weight is 290 g/mol. The summed E-state index contributed by atoms with van der Waals surface area (Å²) in [6.45, 7) is 6.04. The molecule has 1 aliphatic heterocycles. The highest BCUT2D eigenvalue weighted by Gasteiger charge is 2.21. The lowest BCUT2D eigenvalue weighted by Gasteiger charge is -2.15. The Morgan fingerprint density at radius 1 is 1.43 bits per heavy atom. The molecule has 6 nitrogen and oxygen atoms in total. The van der Waals surface area contributed by atoms with Crippen molar-refractivity contribution in [1.82, 2.24) is 10.6 Å². The molecule has 0 bridgehead atoms. The van der Waals surface area contributed by atoms with Crippen LogP contribution >= 0.6 is 0 Å². The monoisotopic (exact) mass is 290 g/mol. The van der Waals surface area contributed by atoms with Crippen molar-refractivity contribution in [2.75, 3.05) is 29.9 Å². The second-order valence-corrected chi connectivity index (χ2v) is 5.34. The molecule has 0 unspecified atom stereocenters. The molecule has 0 aliphatic carbocycles. The predicted molar refractivity (Wildman–Crippen MR) is 83.6 cm³/mol. The van der Waals surface area contributed by atoms with E-state index >= 15 is 0 Å². The van der Waals surface area contributed by atoms with Gasteiger partial charge in [-0.05, 0) is 18.2 Å². The maximum atomic E-state index is 11.8. The summed E-state index contributed by atoms with van der Waals surface area (Å²) < 4.78 is 0. The summed E-state index contributed by atoms with van der Waals surface area (Å²) >= 11 is 0. The number of nitrogens with one attached hydrogen (secondary N) is 3. The van der Waals surface area contributed by atoms with Crippen LogP contribution in [0.25, 0.3) is 0 Å². The van der Waals surface area contributed by atoms with E-state index in [1.807, 2.05) is 38.1 Å². The van der Waals surface area contributed by atoms with Crippen LogP contribution in [0.15, 0.2) is 24.3 Å². The van der Waals surface area contributed by atoms with E-state index in [4.69, 9.17) is 0 Å². The van der Waals surface area contributed by atoms with Gasteiger partial charge in [-0.2, -0.15) is 0 Å². The first-order valence-corrected chi connectivity index (χ1v) is 7.25. The van der Waals surface area contributed by atoms with E-state index in [2.05, 4.69) is 16.0 Å². The maximum Gasteiger partial charge on any atom is 0.321 e. The van der Waals surface area contributed by atoms with Crippen molar-refractivity contribution in [3.63, 3.8) is 0 Å². The van der Waals surface area contributed by atoms with E-state index < -0.39 is 0 Å². The molecule has 1 saturated heterocycles. The number of carbonyl (C=O) groups is 2. The van der Waals surface area contributed by atoms with Gasteiger partial charge in [0.2, 0.25) is 5.91 Å². The Hall–Kier alpha value is -2.08. The summed E-state index contributed by atoms with van der Waals surface area (Å²) in [7, 11) is 0. The molecule has 1 aromatic rings. The van der Waals surface area contributed by atoms with Crippen LogP contribution in [-0.4, -0.2) is 37.6 Å². The van der Waals surface area contributed by atoms with E-state index in [1.165, 1.54) is 0 Å². The third-order valence-corrected chi connectivity index (χ3v) is 3.20. The minimum atomic E-state index is -0.0976. The van der Waals surface area contributed by atoms with Gasteiger partial charge in [0.1, 0.15) is 0 Å². The molecule has 21 heavy (non-hydrogen) atoms. The minimum absolute atomic E-state index is 0.0360. The van der Waals surface area contributed by atoms with E-state index in [0.717, 1.165) is 5.69 Å². The van der Waals surface area contributed by atoms with Crippen molar-refractivity contribution in [2.24, 2.45) is 0 Å². The number of carbonyl (C=O) groups excluding carboxylic acids is 2. The Kier molecular flexibility index (Phi) is 5.16. The fourth-order valence-electron chi connectivity index (χ4n) is 2.17. The Morgan fingerprint density at radius 3 is 2.90 bits per heavy atom. The highest BCUT2D eigenvalue weighted by atomic mass is 16.2. The topological polar surface area (TPSA) is 73.5 Å². The Bertz CT molecular complexity index is 516. The normalized spacial score (nSPS) is 14.4. The summed E-state index contributed by atoms with van der Waals surface area (Å²) in [6.07, 6.45) is 0.423. The molecule has 1 aliphatic rings. The smallest absolute Gasteiger partial charge is 0.321 e. The number of rotatable bonds is 6. The molecular weight excluding hydrogens is 268 g/mol. The fourth-order valence-corrected chi connectivity index (χ4v) is 2.17. The van der Waals surface area contributed by atoms with Crippen LogP contribution in [0.5, 0.6) is 0 Å². The number of hydrogen-bond donors (Lipinski definition) is 3. The lowest BCUT2D eigenvalue weighted by Crippen LogP contribution is -2.28. The highest BCUT2D eigenvalue weighted by molar-refractivity contribution is 5.96. The average Bonchev–Trinajstić information content (AvgIpc) is 2.85. The molecule has 3 N–H and O–H groups in total. The van der Waals surface area contributed by atoms with E-state index in [0.29, 0.717) is 37.8 Å². The van der Waals surface area contributed by atoms with Gasteiger partial charge >= 0.3 is 6.03 Å². The van der Waals surface area contributed by atoms with E-state index in [1.54, 1.807) is 4.90 Å². The first kappa shape index (κ1) is 15.3. The summed E-state index contributed by atoms with van der Waals surface area (Å²) in [6, 6.07) is 7.61. The second kappa shape index (κ2) is 7.08. The molecule has 1 heterocycles. The fraction of sp³-hybridized carbons (Fsp3) is 0.467. The molecular formula is C15H22N4O2. The zero-order chi connectivity index (χ0) is 15.2. The van der Waals surface area contributed by atoms with Gasteiger partial charge in [0.05, 0.1) is 0 Å². The third kappa shape index (κ3) is 4.46. The van der Waals surface area contributed by atoms with E-state index in [-0.39, 0.29) is 11.9 Å². The molecule has 1 aromatic carbocycles. The van der Waals surface area contributed by atoms with Crippen molar-refractivity contribution < 1.29 is 9.59 Å². The van der Waals surface area contributed by atoms with Gasteiger partial charge in [-0.25, -0.2) is 4.79 Å². The standard InChI is InChI=1S/C15H22N4O2/c1-11(2)16-7-6-14(20)18-12-4-3-5-13(10-12)19-9-8-17-15(19)21/h3-5,10-11,16H,6-9H2,1-2H3,(H,17,21)(H,18,20). The molecule has 1 fully saturated rings. The van der Waals surface area contributed by atoms with Gasteiger partial charge in [-0.1, -0.05) is 19.9 Å². The zero-order valence-electron chi connectivity index (χ0n) is 12.5. The van der Waals surface area contributed by atoms with Crippen molar-refractivity contribution in [2.45, 2.75) is 26.3 Å². The predicted octanol–water partition coefficient (Wildman–Crippen LogP) is 1.54. The van der Waals surface area contributed by atoms with Crippen LogP contribution in [0, 0.1) is 0 Å². The molecule has 6 heteroatoms. The number of urea groups is 1. The van der Waals surface area contributed by atoms with Gasteiger partial charge in [-0.3, -0.25) is 9.69 Å². The third-order valence-electron chi connectivity index (χ3n) is 3.20. The molecule has 3 amide bonds. The lowest BCUT2D eigenvalue weighted by molar-refractivity contribution is -0.116. The van der Waals surface area contributed by atoms with Gasteiger partial charge in [0.25, 0.3) is 0 Å². The minimum Gasteiger partial charge on any atom is -0.336 e. The van der Waals surface area contributed by atoms with Crippen LogP contribution in [-0.2, 0) is 4.79 Å². The summed E-state index contributed by atoms with van der Waals surface area (Å²) in [4.78, 5) is 25.1. The maximum absolute atomic E-state index is 11.8. The first-order chi connectivity index (χ1) is 10.1. The van der Waals surface area contributed by atoms with E-state index in [9.17, 15) is 9.59 Å². The molecule has 114 valence electrons. The van der Waals surface area contributed by atoms with Crippen LogP contribution in [0.3, 0.4) is 0 Å². The Balaban J connectivity index is 1.91. The largest absolute Gasteiger partial charge is 0.336 e. The highest BCUT2D eigenvalue weighted by Crippen LogP contribution is 2.21. The second-order valence-electron chi connectivity index (χ2n) is 5.34. The number of hydrogen-bond acceptors (Lipinski definition) is 3. The molecule has 0 saturated carbocycles. The Labute approximate surface area is 124 Å². The summed E-state index contributed by atoms with van der Waals surface area (Å²) in [5.41, 5.74) is 1.50. The van der Waals surface area contributed by atoms with Crippen molar-refractivity contribution >= 4 is 23.3 Å². The SMILES string of the molecule is CC(C)NCCC(=O)Nc1cccc(N2CCNC2=O)c1. The lowest BCUT2D eigenvalue weighted by atomic mass is 10.2. The summed E-state index contributed by atoms with van der Waals surface area (Å²) in [5, 5.41) is 8.82. The number of anilines is 2. The van der Waals surface area contributed by atoms with Crippen LogP contribution in [0.1, 0.15) is 20.3 Å². The summed E-state index contributed by atoms with van der Waals surface area (Å²) in [5.74, 6) is -0.0360. The van der Waals surface area contributed by atoms with Gasteiger partial charge in [0.15, 0.2) is 0 Å². The molecule has 2 rings (SSSR count). The van der Waals surface area contributed by atoms with Gasteiger partial charge in [0, 0.05) is 43.5 Å². The van der Waals surface area contributed by atoms with Gasteiger partial charge < -0.3 is 16.0 Å². The Morgan fingerprint density at radius 2 is 2.24 bits per heavy atom. The quantitative estimate of drug-likeness (QED) is 0.744. The van der Waals surface area contributed by atoms with Crippen molar-refractivity contribution in [3.8, 4) is 0 Å². The zero-order valence-corrected chi connectivity index (χ0v) is 12.5. The number of amides is 3.